The van der Waals surface area contributed by atoms with Crippen LogP contribution in [0.2, 0.25) is 0 Å². The van der Waals surface area contributed by atoms with Crippen molar-refractivity contribution in [1.29, 1.82) is 5.26 Å². The molecule has 7 heteroatoms. The van der Waals surface area contributed by atoms with E-state index in [9.17, 15) is 14.9 Å². The highest BCUT2D eigenvalue weighted by molar-refractivity contribution is 7.99. The number of benzene rings is 1. The zero-order valence-corrected chi connectivity index (χ0v) is 19.8. The van der Waals surface area contributed by atoms with Crippen molar-refractivity contribution in [3.05, 3.63) is 34.6 Å². The minimum Gasteiger partial charge on any atom is -0.337 e. The van der Waals surface area contributed by atoms with Crippen molar-refractivity contribution in [2.75, 3.05) is 5.75 Å². The fourth-order valence-corrected chi connectivity index (χ4v) is 5.05. The minimum absolute atomic E-state index is 0.0204. The van der Waals surface area contributed by atoms with Crippen LogP contribution in [0.4, 0.5) is 0 Å². The molecule has 4 atom stereocenters. The number of nitriles is 1. The van der Waals surface area contributed by atoms with E-state index in [1.807, 2.05) is 42.7 Å². The van der Waals surface area contributed by atoms with Crippen LogP contribution in [0.1, 0.15) is 59.9 Å². The maximum atomic E-state index is 13.5. The van der Waals surface area contributed by atoms with E-state index in [-0.39, 0.29) is 29.2 Å². The molecule has 6 nitrogen and oxygen atoms in total. The Balaban J connectivity index is 1.95. The third-order valence-electron chi connectivity index (χ3n) is 6.89. The minimum atomic E-state index is -0.929. The predicted molar refractivity (Wildman–Crippen MR) is 125 cm³/mol. The number of fused-ring (bicyclic) bond motifs is 1. The molecule has 4 unspecified atom stereocenters. The van der Waals surface area contributed by atoms with Crippen molar-refractivity contribution in [2.24, 2.45) is 17.8 Å². The quantitative estimate of drug-likeness (QED) is 0.526. The summed E-state index contributed by atoms with van der Waals surface area (Å²) in [6.07, 6.45) is 3.18. The van der Waals surface area contributed by atoms with Crippen LogP contribution in [-0.4, -0.2) is 26.8 Å². The fraction of sp³-hybridized carbons (Fsp3) is 0.583. The second-order valence-electron chi connectivity index (χ2n) is 9.23. The normalized spacial score (nSPS) is 23.3. The van der Waals surface area contributed by atoms with Crippen molar-refractivity contribution in [2.45, 2.75) is 70.6 Å². The van der Waals surface area contributed by atoms with Gasteiger partial charge in [-0.25, -0.2) is 4.98 Å². The number of carbonyl (C=O) groups is 1. The van der Waals surface area contributed by atoms with E-state index in [0.29, 0.717) is 27.9 Å². The van der Waals surface area contributed by atoms with Crippen molar-refractivity contribution < 1.29 is 4.79 Å². The summed E-state index contributed by atoms with van der Waals surface area (Å²) in [6.45, 7) is 9.99. The van der Waals surface area contributed by atoms with E-state index < -0.39 is 5.54 Å². The van der Waals surface area contributed by atoms with Gasteiger partial charge in [-0.15, -0.1) is 0 Å². The number of para-hydroxylation sites is 1. The van der Waals surface area contributed by atoms with Crippen LogP contribution < -0.4 is 10.9 Å². The average Bonchev–Trinajstić information content (AvgIpc) is 2.74. The number of carbonyl (C=O) groups excluding carboxylic acids is 1. The van der Waals surface area contributed by atoms with E-state index >= 15 is 0 Å². The van der Waals surface area contributed by atoms with Gasteiger partial charge in [0.15, 0.2) is 5.16 Å². The summed E-state index contributed by atoms with van der Waals surface area (Å²) >= 11 is 1.27. The lowest BCUT2D eigenvalue weighted by atomic mass is 9.78. The van der Waals surface area contributed by atoms with Gasteiger partial charge in [0.1, 0.15) is 5.54 Å². The molecule has 0 aliphatic heterocycles. The lowest BCUT2D eigenvalue weighted by Gasteiger charge is -2.36. The number of rotatable bonds is 6. The van der Waals surface area contributed by atoms with Crippen molar-refractivity contribution in [3.8, 4) is 6.07 Å². The van der Waals surface area contributed by atoms with E-state index in [2.05, 4.69) is 25.2 Å². The first kappa shape index (κ1) is 23.3. The number of aromatic nitrogens is 2. The molecule has 1 N–H and O–H groups in total. The maximum absolute atomic E-state index is 13.5. The van der Waals surface area contributed by atoms with Crippen molar-refractivity contribution in [3.63, 3.8) is 0 Å². The summed E-state index contributed by atoms with van der Waals surface area (Å²) in [4.78, 5) is 30.9. The van der Waals surface area contributed by atoms with Crippen LogP contribution in [-0.2, 0) is 4.79 Å². The summed E-state index contributed by atoms with van der Waals surface area (Å²) < 4.78 is 1.83. The van der Waals surface area contributed by atoms with Gasteiger partial charge in [0.25, 0.3) is 5.56 Å². The van der Waals surface area contributed by atoms with Crippen LogP contribution in [0.3, 0.4) is 0 Å². The first-order chi connectivity index (χ1) is 14.7. The first-order valence-corrected chi connectivity index (χ1v) is 12.0. The molecule has 1 amide bonds. The highest BCUT2D eigenvalue weighted by Crippen LogP contribution is 2.38. The molecule has 0 bridgehead atoms. The number of nitrogens with zero attached hydrogens (tertiary/aromatic N) is 3. The maximum Gasteiger partial charge on any atom is 0.262 e. The molecule has 1 aromatic carbocycles. The summed E-state index contributed by atoms with van der Waals surface area (Å²) in [5.74, 6) is 0.728. The molecule has 3 rings (SSSR count). The Kier molecular flexibility index (Phi) is 7.10. The van der Waals surface area contributed by atoms with Gasteiger partial charge in [0.2, 0.25) is 5.91 Å². The average molecular weight is 441 g/mol. The monoisotopic (exact) mass is 440 g/mol. The summed E-state index contributed by atoms with van der Waals surface area (Å²) in [5.41, 5.74) is -0.322. The summed E-state index contributed by atoms with van der Waals surface area (Å²) in [6, 6.07) is 9.65. The molecule has 31 heavy (non-hydrogen) atoms. The zero-order chi connectivity index (χ0) is 22.8. The molecule has 1 heterocycles. The van der Waals surface area contributed by atoms with E-state index in [1.54, 1.807) is 6.92 Å². The van der Waals surface area contributed by atoms with Gasteiger partial charge in [0.05, 0.1) is 22.7 Å². The molecule has 1 aliphatic carbocycles. The van der Waals surface area contributed by atoms with Crippen LogP contribution in [0.25, 0.3) is 10.9 Å². The van der Waals surface area contributed by atoms with Crippen LogP contribution in [0.15, 0.2) is 34.2 Å². The summed E-state index contributed by atoms with van der Waals surface area (Å²) in [5, 5.41) is 13.5. The molecule has 1 fully saturated rings. The lowest BCUT2D eigenvalue weighted by Crippen LogP contribution is -2.49. The third-order valence-corrected chi connectivity index (χ3v) is 7.84. The van der Waals surface area contributed by atoms with Crippen molar-refractivity contribution in [1.82, 2.24) is 14.9 Å². The van der Waals surface area contributed by atoms with Gasteiger partial charge < -0.3 is 5.32 Å². The highest BCUT2D eigenvalue weighted by atomic mass is 32.2. The topological polar surface area (TPSA) is 87.8 Å². The van der Waals surface area contributed by atoms with E-state index in [1.165, 1.54) is 18.2 Å². The molecule has 166 valence electrons. The van der Waals surface area contributed by atoms with Gasteiger partial charge in [-0.3, -0.25) is 14.2 Å². The van der Waals surface area contributed by atoms with Gasteiger partial charge >= 0.3 is 0 Å². The number of amides is 1. The van der Waals surface area contributed by atoms with Crippen LogP contribution in [0, 0.1) is 29.1 Å². The van der Waals surface area contributed by atoms with Crippen molar-refractivity contribution >= 4 is 28.6 Å². The highest BCUT2D eigenvalue weighted by Gasteiger charge is 2.32. The van der Waals surface area contributed by atoms with E-state index in [0.717, 1.165) is 12.8 Å². The Bertz CT molecular complexity index is 1060. The second-order valence-corrected chi connectivity index (χ2v) is 10.2. The number of hydrogen-bond acceptors (Lipinski definition) is 5. The Morgan fingerprint density at radius 2 is 2.06 bits per heavy atom. The van der Waals surface area contributed by atoms with E-state index in [4.69, 9.17) is 4.98 Å². The smallest absolute Gasteiger partial charge is 0.262 e. The number of nitrogens with one attached hydrogen (secondary N) is 1. The Hall–Kier alpha value is -2.33. The largest absolute Gasteiger partial charge is 0.337 e. The molecular formula is C24H32N4O2S. The molecular weight excluding hydrogens is 408 g/mol. The SMILES string of the molecule is CC1CCCC(n2c(SCC(=O)NC(C)(C#N)C(C)C)nc3ccccc3c2=O)C1C. The van der Waals surface area contributed by atoms with Crippen LogP contribution >= 0.6 is 11.8 Å². The summed E-state index contributed by atoms with van der Waals surface area (Å²) in [7, 11) is 0. The molecule has 1 aliphatic rings. The lowest BCUT2D eigenvalue weighted by molar-refractivity contribution is -0.120. The Labute approximate surface area is 188 Å². The number of hydrogen-bond donors (Lipinski definition) is 1. The molecule has 0 spiro atoms. The first-order valence-electron chi connectivity index (χ1n) is 11.0. The zero-order valence-electron chi connectivity index (χ0n) is 19.0. The standard InChI is InChI=1S/C24H32N4O2S/c1-15(2)24(5,14-25)27-21(29)13-31-23-26-19-11-7-6-10-18(19)22(30)28(23)20-12-8-9-16(3)17(20)4/h6-7,10-11,15-17,20H,8-9,12-13H2,1-5H3,(H,27,29). The predicted octanol–water partition coefficient (Wildman–Crippen LogP) is 4.54. The fourth-order valence-electron chi connectivity index (χ4n) is 4.20. The molecule has 0 saturated heterocycles. The van der Waals surface area contributed by atoms with Gasteiger partial charge in [-0.1, -0.05) is 64.4 Å². The Morgan fingerprint density at radius 1 is 1.35 bits per heavy atom. The molecule has 0 radical (unpaired) electrons. The second kappa shape index (κ2) is 9.44. The molecule has 1 saturated carbocycles. The Morgan fingerprint density at radius 3 is 2.74 bits per heavy atom. The molecule has 1 aromatic heterocycles. The number of thioether (sulfide) groups is 1. The van der Waals surface area contributed by atoms with Crippen LogP contribution in [0.5, 0.6) is 0 Å². The molecule has 2 aromatic rings. The third kappa shape index (κ3) is 4.79. The van der Waals surface area contributed by atoms with Gasteiger partial charge in [-0.05, 0) is 43.2 Å². The van der Waals surface area contributed by atoms with Gasteiger partial charge in [0, 0.05) is 6.04 Å². The van der Waals surface area contributed by atoms with Gasteiger partial charge in [-0.2, -0.15) is 5.26 Å².